The van der Waals surface area contributed by atoms with Gasteiger partial charge < -0.3 is 10.6 Å². The van der Waals surface area contributed by atoms with Crippen LogP contribution in [0.5, 0.6) is 0 Å². The minimum atomic E-state index is -3.50. The molecule has 0 radical (unpaired) electrons. The van der Waals surface area contributed by atoms with Gasteiger partial charge in [-0.1, -0.05) is 30.3 Å². The molecule has 31 heavy (non-hydrogen) atoms. The lowest BCUT2D eigenvalue weighted by Gasteiger charge is -2.11. The number of nitrogens with one attached hydrogen (secondary N) is 3. The fraction of sp³-hybridized carbons (Fsp3) is 0.182. The van der Waals surface area contributed by atoms with E-state index in [0.717, 1.165) is 18.4 Å². The first-order chi connectivity index (χ1) is 14.9. The molecule has 0 aliphatic heterocycles. The first-order valence-corrected chi connectivity index (χ1v) is 12.1. The topological polar surface area (TPSA) is 104 Å². The molecule has 0 saturated heterocycles. The van der Waals surface area contributed by atoms with Crippen LogP contribution < -0.4 is 15.4 Å². The minimum Gasteiger partial charge on any atom is -0.348 e. The monoisotopic (exact) mass is 455 g/mol. The molecule has 7 nitrogen and oxygen atoms in total. The van der Waals surface area contributed by atoms with Crippen molar-refractivity contribution in [2.75, 3.05) is 5.32 Å². The standard InChI is InChI=1S/C22H21N3O4S2/c26-21(18-4-1-2-5-19(18)24-22(27)20-6-3-13-30-20)23-14-15-7-11-17(12-8-15)31(28,29)25-16-9-10-16/h1-8,11-13,16,25H,9-10,14H2,(H,23,26)(H,24,27). The molecule has 2 aromatic carbocycles. The molecule has 0 bridgehead atoms. The van der Waals surface area contributed by atoms with Crippen LogP contribution in [-0.2, 0) is 16.6 Å². The third kappa shape index (κ3) is 5.38. The Bertz CT molecular complexity index is 1190. The van der Waals surface area contributed by atoms with Crippen LogP contribution in [0.2, 0.25) is 0 Å². The molecule has 4 rings (SSSR count). The van der Waals surface area contributed by atoms with Gasteiger partial charge in [0.15, 0.2) is 0 Å². The third-order valence-corrected chi connectivity index (χ3v) is 7.16. The molecule has 0 atom stereocenters. The largest absolute Gasteiger partial charge is 0.348 e. The smallest absolute Gasteiger partial charge is 0.265 e. The summed E-state index contributed by atoms with van der Waals surface area (Å²) in [5, 5.41) is 7.40. The summed E-state index contributed by atoms with van der Waals surface area (Å²) in [6.45, 7) is 0.225. The summed E-state index contributed by atoms with van der Waals surface area (Å²) >= 11 is 1.32. The second kappa shape index (κ2) is 9.01. The highest BCUT2D eigenvalue weighted by Crippen LogP contribution is 2.22. The SMILES string of the molecule is O=C(Nc1ccccc1C(=O)NCc1ccc(S(=O)(=O)NC2CC2)cc1)c1cccs1. The van der Waals surface area contributed by atoms with Crippen LogP contribution in [0.15, 0.2) is 70.9 Å². The number of hydrogen-bond donors (Lipinski definition) is 3. The van der Waals surface area contributed by atoms with E-state index >= 15 is 0 Å². The van der Waals surface area contributed by atoms with Gasteiger partial charge in [-0.05, 0) is 54.1 Å². The number of hydrogen-bond acceptors (Lipinski definition) is 5. The molecule has 0 unspecified atom stereocenters. The van der Waals surface area contributed by atoms with Gasteiger partial charge in [-0.2, -0.15) is 0 Å². The average molecular weight is 456 g/mol. The van der Waals surface area contributed by atoms with Gasteiger partial charge in [-0.25, -0.2) is 13.1 Å². The van der Waals surface area contributed by atoms with Crippen molar-refractivity contribution in [3.63, 3.8) is 0 Å². The van der Waals surface area contributed by atoms with Crippen molar-refractivity contribution in [1.82, 2.24) is 10.0 Å². The first-order valence-electron chi connectivity index (χ1n) is 9.76. The Kier molecular flexibility index (Phi) is 6.17. The van der Waals surface area contributed by atoms with Crippen molar-refractivity contribution >= 4 is 38.9 Å². The van der Waals surface area contributed by atoms with E-state index in [1.54, 1.807) is 48.5 Å². The van der Waals surface area contributed by atoms with Gasteiger partial charge in [0.05, 0.1) is 21.0 Å². The van der Waals surface area contributed by atoms with E-state index in [1.165, 1.54) is 23.5 Å². The van der Waals surface area contributed by atoms with E-state index in [0.29, 0.717) is 16.1 Å². The van der Waals surface area contributed by atoms with Crippen LogP contribution in [0.1, 0.15) is 38.4 Å². The molecule has 1 saturated carbocycles. The van der Waals surface area contributed by atoms with E-state index < -0.39 is 10.0 Å². The van der Waals surface area contributed by atoms with Crippen molar-refractivity contribution in [1.29, 1.82) is 0 Å². The van der Waals surface area contributed by atoms with Gasteiger partial charge in [0.25, 0.3) is 11.8 Å². The number of amides is 2. The Morgan fingerprint density at radius 2 is 1.68 bits per heavy atom. The highest BCUT2D eigenvalue weighted by atomic mass is 32.2. The minimum absolute atomic E-state index is 0.0457. The van der Waals surface area contributed by atoms with E-state index in [-0.39, 0.29) is 29.3 Å². The number of carbonyl (C=O) groups excluding carboxylic acids is 2. The molecule has 1 heterocycles. The molecule has 2 amide bonds. The van der Waals surface area contributed by atoms with Crippen LogP contribution in [0.25, 0.3) is 0 Å². The van der Waals surface area contributed by atoms with Crippen LogP contribution in [0.4, 0.5) is 5.69 Å². The number of anilines is 1. The number of thiophene rings is 1. The van der Waals surface area contributed by atoms with E-state index in [1.807, 2.05) is 5.38 Å². The summed E-state index contributed by atoms with van der Waals surface area (Å²) in [5.74, 6) is -0.610. The fourth-order valence-corrected chi connectivity index (χ4v) is 4.86. The maximum Gasteiger partial charge on any atom is 0.265 e. The molecule has 160 valence electrons. The predicted octanol–water partition coefficient (Wildman–Crippen LogP) is 3.37. The van der Waals surface area contributed by atoms with Crippen LogP contribution in [0, 0.1) is 0 Å². The maximum absolute atomic E-state index is 12.7. The van der Waals surface area contributed by atoms with Crippen LogP contribution in [-0.4, -0.2) is 26.3 Å². The second-order valence-electron chi connectivity index (χ2n) is 7.20. The van der Waals surface area contributed by atoms with E-state index in [9.17, 15) is 18.0 Å². The summed E-state index contributed by atoms with van der Waals surface area (Å²) in [6.07, 6.45) is 1.75. The normalized spacial score (nSPS) is 13.5. The van der Waals surface area contributed by atoms with Gasteiger partial charge in [0.1, 0.15) is 0 Å². The number of benzene rings is 2. The zero-order valence-electron chi connectivity index (χ0n) is 16.5. The molecule has 1 fully saturated rings. The highest BCUT2D eigenvalue weighted by Gasteiger charge is 2.27. The Morgan fingerprint density at radius 3 is 2.35 bits per heavy atom. The van der Waals surface area contributed by atoms with Crippen molar-refractivity contribution in [2.45, 2.75) is 30.3 Å². The van der Waals surface area contributed by atoms with Crippen LogP contribution >= 0.6 is 11.3 Å². The molecule has 3 aromatic rings. The summed E-state index contributed by atoms with van der Waals surface area (Å²) in [7, 11) is -3.50. The van der Waals surface area contributed by atoms with Gasteiger partial charge in [0.2, 0.25) is 10.0 Å². The number of sulfonamides is 1. The summed E-state index contributed by atoms with van der Waals surface area (Å²) in [5.41, 5.74) is 1.53. The fourth-order valence-electron chi connectivity index (χ4n) is 2.93. The van der Waals surface area contributed by atoms with Gasteiger partial charge in [0, 0.05) is 12.6 Å². The lowest BCUT2D eigenvalue weighted by atomic mass is 10.1. The highest BCUT2D eigenvalue weighted by molar-refractivity contribution is 7.89. The Morgan fingerprint density at radius 1 is 0.935 bits per heavy atom. The average Bonchev–Trinajstić information content (AvgIpc) is 3.39. The lowest BCUT2D eigenvalue weighted by molar-refractivity contribution is 0.0951. The second-order valence-corrected chi connectivity index (χ2v) is 9.86. The van der Waals surface area contributed by atoms with E-state index in [4.69, 9.17) is 0 Å². The van der Waals surface area contributed by atoms with Gasteiger partial charge in [-0.3, -0.25) is 9.59 Å². The summed E-state index contributed by atoms with van der Waals surface area (Å²) < 4.78 is 27.1. The van der Waals surface area contributed by atoms with Gasteiger partial charge >= 0.3 is 0 Å². The molecule has 9 heteroatoms. The van der Waals surface area contributed by atoms with E-state index in [2.05, 4.69) is 15.4 Å². The van der Waals surface area contributed by atoms with Crippen molar-refractivity contribution in [3.05, 3.63) is 82.0 Å². The number of carbonyl (C=O) groups is 2. The molecule has 1 aliphatic rings. The molecular weight excluding hydrogens is 434 g/mol. The number of para-hydroxylation sites is 1. The molecular formula is C22H21N3O4S2. The lowest BCUT2D eigenvalue weighted by Crippen LogP contribution is -2.26. The molecule has 3 N–H and O–H groups in total. The van der Waals surface area contributed by atoms with Crippen LogP contribution in [0.3, 0.4) is 0 Å². The first kappa shape index (κ1) is 21.2. The van der Waals surface area contributed by atoms with Gasteiger partial charge in [-0.15, -0.1) is 11.3 Å². The zero-order valence-corrected chi connectivity index (χ0v) is 18.1. The Balaban J connectivity index is 1.39. The molecule has 0 spiro atoms. The molecule has 1 aliphatic carbocycles. The molecule has 1 aromatic heterocycles. The third-order valence-electron chi connectivity index (χ3n) is 4.75. The summed E-state index contributed by atoms with van der Waals surface area (Å²) in [6, 6.07) is 16.7. The quantitative estimate of drug-likeness (QED) is 0.484. The maximum atomic E-state index is 12.7. The summed E-state index contributed by atoms with van der Waals surface area (Å²) in [4.78, 5) is 25.8. The number of rotatable bonds is 8. The van der Waals surface area contributed by atoms with Crippen molar-refractivity contribution in [2.24, 2.45) is 0 Å². The Hall–Kier alpha value is -3.01. The van der Waals surface area contributed by atoms with Crippen molar-refractivity contribution < 1.29 is 18.0 Å². The Labute approximate surface area is 184 Å². The van der Waals surface area contributed by atoms with Crippen molar-refractivity contribution in [3.8, 4) is 0 Å². The zero-order chi connectivity index (χ0) is 21.8. The predicted molar refractivity (Wildman–Crippen MR) is 120 cm³/mol.